The van der Waals surface area contributed by atoms with E-state index in [4.69, 9.17) is 16.3 Å². The summed E-state index contributed by atoms with van der Waals surface area (Å²) in [6.45, 7) is 2.27. The van der Waals surface area contributed by atoms with Crippen LogP contribution in [0.4, 0.5) is 13.2 Å². The van der Waals surface area contributed by atoms with Gasteiger partial charge in [0.15, 0.2) is 0 Å². The summed E-state index contributed by atoms with van der Waals surface area (Å²) in [7, 11) is 0. The second-order valence-electron chi connectivity index (χ2n) is 4.63. The Hall–Kier alpha value is -2.21. The van der Waals surface area contributed by atoms with Crippen molar-refractivity contribution in [2.45, 2.75) is 13.1 Å². The van der Waals surface area contributed by atoms with Crippen LogP contribution in [0.3, 0.4) is 0 Å². The van der Waals surface area contributed by atoms with Gasteiger partial charge < -0.3 is 10.1 Å². The van der Waals surface area contributed by atoms with Crippen molar-refractivity contribution < 1.29 is 22.7 Å². The third-order valence-corrected chi connectivity index (χ3v) is 3.22. The number of benzene rings is 2. The number of halogens is 4. The zero-order chi connectivity index (χ0) is 17.0. The van der Waals surface area contributed by atoms with E-state index in [9.17, 15) is 18.0 Å². The Labute approximate surface area is 136 Å². The maximum absolute atomic E-state index is 12.6. The molecule has 0 aliphatic heterocycles. The predicted octanol–water partition coefficient (Wildman–Crippen LogP) is 4.90. The van der Waals surface area contributed by atoms with E-state index in [1.54, 1.807) is 25.1 Å². The molecule has 2 aromatic rings. The van der Waals surface area contributed by atoms with Gasteiger partial charge in [-0.15, -0.1) is 0 Å². The second kappa shape index (κ2) is 6.91. The molecule has 3 nitrogen and oxygen atoms in total. The van der Waals surface area contributed by atoms with Gasteiger partial charge in [0.1, 0.15) is 11.5 Å². The summed E-state index contributed by atoms with van der Waals surface area (Å²) in [6.07, 6.45) is -4.47. The Kier molecular flexibility index (Phi) is 5.15. The number of carbonyl (C=O) groups is 1. The van der Waals surface area contributed by atoms with Crippen LogP contribution in [0.2, 0.25) is 5.02 Å². The molecule has 0 atom stereocenters. The molecular weight excluding hydrogens is 331 g/mol. The molecule has 1 N–H and O–H groups in total. The van der Waals surface area contributed by atoms with E-state index in [1.807, 2.05) is 0 Å². The lowest BCUT2D eigenvalue weighted by Gasteiger charge is -2.11. The number of nitrogens with one attached hydrogen (secondary N) is 1. The summed E-state index contributed by atoms with van der Waals surface area (Å²) in [6, 6.07) is 9.10. The standard InChI is InChI=1S/C16H13ClF3NO2/c1-2-21-15(22)10-4-3-5-12(8-10)23-14-7-6-11(9-13(14)17)16(18,19)20/h3-9H,2H2,1H3,(H,21,22). The first kappa shape index (κ1) is 17.1. The Morgan fingerprint density at radius 2 is 1.96 bits per heavy atom. The molecule has 0 spiro atoms. The highest BCUT2D eigenvalue weighted by Crippen LogP contribution is 2.36. The van der Waals surface area contributed by atoms with Crippen molar-refractivity contribution >= 4 is 17.5 Å². The van der Waals surface area contributed by atoms with E-state index in [1.165, 1.54) is 6.07 Å². The molecule has 7 heteroatoms. The van der Waals surface area contributed by atoms with E-state index in [2.05, 4.69) is 5.32 Å². The lowest BCUT2D eigenvalue weighted by molar-refractivity contribution is -0.137. The van der Waals surface area contributed by atoms with E-state index in [0.717, 1.165) is 18.2 Å². The molecule has 2 aromatic carbocycles. The molecule has 0 aliphatic carbocycles. The third kappa shape index (κ3) is 4.39. The maximum atomic E-state index is 12.6. The number of hydrogen-bond acceptors (Lipinski definition) is 2. The molecule has 0 heterocycles. The minimum Gasteiger partial charge on any atom is -0.456 e. The van der Waals surface area contributed by atoms with Crippen molar-refractivity contribution in [3.63, 3.8) is 0 Å². The van der Waals surface area contributed by atoms with Crippen LogP contribution in [0.1, 0.15) is 22.8 Å². The lowest BCUT2D eigenvalue weighted by atomic mass is 10.2. The first-order valence-electron chi connectivity index (χ1n) is 6.74. The van der Waals surface area contributed by atoms with Crippen LogP contribution >= 0.6 is 11.6 Å². The van der Waals surface area contributed by atoms with Gasteiger partial charge in [0.25, 0.3) is 5.91 Å². The van der Waals surface area contributed by atoms with E-state index in [0.29, 0.717) is 17.9 Å². The summed E-state index contributed by atoms with van der Waals surface area (Å²) in [5, 5.41) is 2.48. The normalized spacial score (nSPS) is 11.2. The molecular formula is C16H13ClF3NO2. The maximum Gasteiger partial charge on any atom is 0.416 e. The van der Waals surface area contributed by atoms with Gasteiger partial charge in [-0.2, -0.15) is 13.2 Å². The fraction of sp³-hybridized carbons (Fsp3) is 0.188. The zero-order valence-electron chi connectivity index (χ0n) is 12.1. The molecule has 0 radical (unpaired) electrons. The molecule has 1 amide bonds. The molecule has 0 aromatic heterocycles. The monoisotopic (exact) mass is 343 g/mol. The number of hydrogen-bond donors (Lipinski definition) is 1. The Bertz CT molecular complexity index is 717. The Balaban J connectivity index is 2.23. The summed E-state index contributed by atoms with van der Waals surface area (Å²) in [4.78, 5) is 11.8. The minimum atomic E-state index is -4.47. The van der Waals surface area contributed by atoms with Crippen molar-refractivity contribution in [1.82, 2.24) is 5.32 Å². The molecule has 0 aliphatic rings. The first-order chi connectivity index (χ1) is 10.8. The summed E-state index contributed by atoms with van der Waals surface area (Å²) in [5.74, 6) is 0.111. The Morgan fingerprint density at radius 3 is 2.57 bits per heavy atom. The average molecular weight is 344 g/mol. The fourth-order valence-corrected chi connectivity index (χ4v) is 2.07. The van der Waals surface area contributed by atoms with Gasteiger partial charge in [0.2, 0.25) is 0 Å². The van der Waals surface area contributed by atoms with Crippen LogP contribution < -0.4 is 10.1 Å². The summed E-state index contributed by atoms with van der Waals surface area (Å²) < 4.78 is 43.3. The van der Waals surface area contributed by atoms with Gasteiger partial charge in [-0.25, -0.2) is 0 Å². The summed E-state index contributed by atoms with van der Waals surface area (Å²) in [5.41, 5.74) is -0.474. The number of rotatable bonds is 4. The minimum absolute atomic E-state index is 0.0766. The van der Waals surface area contributed by atoms with Gasteiger partial charge in [-0.05, 0) is 43.3 Å². The number of ether oxygens (including phenoxy) is 1. The van der Waals surface area contributed by atoms with Gasteiger partial charge >= 0.3 is 6.18 Å². The molecule has 122 valence electrons. The fourth-order valence-electron chi connectivity index (χ4n) is 1.85. The van der Waals surface area contributed by atoms with Crippen molar-refractivity contribution in [2.24, 2.45) is 0 Å². The van der Waals surface area contributed by atoms with Gasteiger partial charge in [0.05, 0.1) is 10.6 Å². The average Bonchev–Trinajstić information content (AvgIpc) is 2.49. The van der Waals surface area contributed by atoms with Crippen LogP contribution in [0.5, 0.6) is 11.5 Å². The van der Waals surface area contributed by atoms with E-state index in [-0.39, 0.29) is 16.7 Å². The largest absolute Gasteiger partial charge is 0.456 e. The van der Waals surface area contributed by atoms with Crippen LogP contribution in [-0.4, -0.2) is 12.5 Å². The van der Waals surface area contributed by atoms with Crippen molar-refractivity contribution in [2.75, 3.05) is 6.54 Å². The molecule has 23 heavy (non-hydrogen) atoms. The highest BCUT2D eigenvalue weighted by Gasteiger charge is 2.31. The quantitative estimate of drug-likeness (QED) is 0.857. The van der Waals surface area contributed by atoms with Crippen LogP contribution in [0, 0.1) is 0 Å². The number of carbonyl (C=O) groups excluding carboxylic acids is 1. The van der Waals surface area contributed by atoms with Gasteiger partial charge in [-0.1, -0.05) is 17.7 Å². The zero-order valence-corrected chi connectivity index (χ0v) is 12.8. The second-order valence-corrected chi connectivity index (χ2v) is 5.04. The van der Waals surface area contributed by atoms with Crippen molar-refractivity contribution in [3.8, 4) is 11.5 Å². The van der Waals surface area contributed by atoms with E-state index < -0.39 is 11.7 Å². The Morgan fingerprint density at radius 1 is 1.22 bits per heavy atom. The van der Waals surface area contributed by atoms with Gasteiger partial charge in [-0.3, -0.25) is 4.79 Å². The van der Waals surface area contributed by atoms with E-state index >= 15 is 0 Å². The number of alkyl halides is 3. The highest BCUT2D eigenvalue weighted by molar-refractivity contribution is 6.32. The smallest absolute Gasteiger partial charge is 0.416 e. The first-order valence-corrected chi connectivity index (χ1v) is 7.12. The molecule has 0 bridgehead atoms. The van der Waals surface area contributed by atoms with Gasteiger partial charge in [0, 0.05) is 12.1 Å². The number of amides is 1. The topological polar surface area (TPSA) is 38.3 Å². The molecule has 0 saturated heterocycles. The lowest BCUT2D eigenvalue weighted by Crippen LogP contribution is -2.22. The van der Waals surface area contributed by atoms with Crippen molar-refractivity contribution in [1.29, 1.82) is 0 Å². The van der Waals surface area contributed by atoms with Crippen LogP contribution in [0.15, 0.2) is 42.5 Å². The third-order valence-electron chi connectivity index (χ3n) is 2.92. The summed E-state index contributed by atoms with van der Waals surface area (Å²) >= 11 is 5.83. The molecule has 0 unspecified atom stereocenters. The van der Waals surface area contributed by atoms with Crippen LogP contribution in [0.25, 0.3) is 0 Å². The van der Waals surface area contributed by atoms with Crippen LogP contribution in [-0.2, 0) is 6.18 Å². The molecule has 2 rings (SSSR count). The predicted molar refractivity (Wildman–Crippen MR) is 81.0 cm³/mol. The SMILES string of the molecule is CCNC(=O)c1cccc(Oc2ccc(C(F)(F)F)cc2Cl)c1. The van der Waals surface area contributed by atoms with Crippen molar-refractivity contribution in [3.05, 3.63) is 58.6 Å². The highest BCUT2D eigenvalue weighted by atomic mass is 35.5. The molecule has 0 fully saturated rings. The molecule has 0 saturated carbocycles.